The summed E-state index contributed by atoms with van der Waals surface area (Å²) in [5.41, 5.74) is 0.894. The molecule has 1 aromatic rings. The molecule has 4 fully saturated rings. The first-order valence-corrected chi connectivity index (χ1v) is 12.6. The van der Waals surface area contributed by atoms with Gasteiger partial charge in [0.15, 0.2) is 11.5 Å². The van der Waals surface area contributed by atoms with Gasteiger partial charge in [0, 0.05) is 36.6 Å². The maximum absolute atomic E-state index is 11.7. The molecular formula is C27H33NO4. The zero-order chi connectivity index (χ0) is 21.7. The van der Waals surface area contributed by atoms with Crippen molar-refractivity contribution in [1.29, 1.82) is 0 Å². The second-order valence-corrected chi connectivity index (χ2v) is 12.1. The Morgan fingerprint density at radius 2 is 2.03 bits per heavy atom. The number of phenols is 1. The van der Waals surface area contributed by atoms with Gasteiger partial charge in [-0.3, -0.25) is 4.90 Å². The van der Waals surface area contributed by atoms with Gasteiger partial charge in [0.2, 0.25) is 0 Å². The van der Waals surface area contributed by atoms with Crippen molar-refractivity contribution in [2.45, 2.75) is 74.2 Å². The molecule has 2 N–H and O–H groups in total. The van der Waals surface area contributed by atoms with E-state index >= 15 is 0 Å². The summed E-state index contributed by atoms with van der Waals surface area (Å²) < 4.78 is 13.2. The highest BCUT2D eigenvalue weighted by molar-refractivity contribution is 5.65. The number of aliphatic hydroxyl groups is 1. The highest BCUT2D eigenvalue weighted by atomic mass is 16.6. The highest BCUT2D eigenvalue weighted by Gasteiger charge is 2.84. The number of ether oxygens (including phenoxy) is 2. The summed E-state index contributed by atoms with van der Waals surface area (Å²) in [6, 6.07) is 4.39. The van der Waals surface area contributed by atoms with Crippen LogP contribution in [0.1, 0.15) is 50.2 Å². The predicted octanol–water partition coefficient (Wildman–Crippen LogP) is 3.16. The van der Waals surface area contributed by atoms with Crippen molar-refractivity contribution >= 4 is 0 Å². The van der Waals surface area contributed by atoms with Crippen molar-refractivity contribution < 1.29 is 19.7 Å². The summed E-state index contributed by atoms with van der Waals surface area (Å²) in [5, 5.41) is 22.6. The third kappa shape index (κ3) is 1.72. The number of aromatic hydroxyl groups is 1. The second-order valence-electron chi connectivity index (χ2n) is 12.1. The van der Waals surface area contributed by atoms with E-state index in [0.29, 0.717) is 17.7 Å². The summed E-state index contributed by atoms with van der Waals surface area (Å²) in [4.78, 5) is 2.80. The van der Waals surface area contributed by atoms with Gasteiger partial charge in [0.05, 0.1) is 11.0 Å². The Morgan fingerprint density at radius 3 is 2.81 bits per heavy atom. The molecule has 5 heteroatoms. The zero-order valence-electron chi connectivity index (χ0n) is 19.0. The molecule has 1 saturated heterocycles. The lowest BCUT2D eigenvalue weighted by Gasteiger charge is -2.74. The number of benzene rings is 1. The lowest BCUT2D eigenvalue weighted by atomic mass is 9.34. The molecule has 4 bridgehead atoms. The molecule has 6 aliphatic carbocycles. The Kier molecular flexibility index (Phi) is 3.17. The minimum absolute atomic E-state index is 0.00417. The number of methoxy groups -OCH3 is 1. The number of rotatable bonds is 3. The maximum Gasteiger partial charge on any atom is 0.165 e. The molecule has 8 atom stereocenters. The molecule has 0 amide bonds. The van der Waals surface area contributed by atoms with Crippen LogP contribution >= 0.6 is 0 Å². The van der Waals surface area contributed by atoms with Crippen LogP contribution in [0.2, 0.25) is 0 Å². The Labute approximate surface area is 189 Å². The van der Waals surface area contributed by atoms with Gasteiger partial charge < -0.3 is 19.7 Å². The molecule has 2 aliphatic heterocycles. The highest BCUT2D eigenvalue weighted by Crippen LogP contribution is 2.79. The van der Waals surface area contributed by atoms with Crippen molar-refractivity contribution in [1.82, 2.24) is 4.90 Å². The number of piperidine rings is 1. The molecular weight excluding hydrogens is 402 g/mol. The van der Waals surface area contributed by atoms with Crippen molar-refractivity contribution in [2.75, 3.05) is 20.2 Å². The largest absolute Gasteiger partial charge is 0.504 e. The van der Waals surface area contributed by atoms with E-state index in [1.807, 2.05) is 13.0 Å². The molecule has 2 heterocycles. The van der Waals surface area contributed by atoms with E-state index in [1.54, 1.807) is 7.11 Å². The first-order valence-electron chi connectivity index (χ1n) is 12.6. The number of likely N-dealkylation sites (tertiary alicyclic amines) is 1. The lowest BCUT2D eigenvalue weighted by molar-refractivity contribution is -0.259. The SMILES string of the molecule is CO[C@]12C=C[C@@]3([C@@H]4CC[C@](C)(O)[C@@H]41)[C@H]1Cc4ccc(O)c5c4[C@@]3(CCN1CC1CC1)[C@H]2O5. The monoisotopic (exact) mass is 435 g/mol. The fraction of sp³-hybridized carbons (Fsp3) is 0.704. The summed E-state index contributed by atoms with van der Waals surface area (Å²) in [6.45, 7) is 4.30. The number of hydrogen-bond donors (Lipinski definition) is 2. The number of hydrogen-bond acceptors (Lipinski definition) is 5. The standard InChI is InChI=1S/C27H33NO4/c1-24(30)8-7-17-22(24)27(31-2)10-9-25(17)19-13-16-5-6-18(29)21-20(16)26(25,23(27)32-21)11-12-28(19)14-15-3-4-15/h5-6,9-10,15,17,19,22-23,29-30H,3-4,7-8,11-14H2,1-2H3/t17-,19-,22-,23-,24+,25-,26+,27-/m1/s1. The van der Waals surface area contributed by atoms with Crippen LogP contribution in [-0.2, 0) is 16.6 Å². The topological polar surface area (TPSA) is 62.2 Å². The Hall–Kier alpha value is -1.56. The van der Waals surface area contributed by atoms with Gasteiger partial charge >= 0.3 is 0 Å². The molecule has 2 spiro atoms. The Balaban J connectivity index is 1.45. The molecule has 170 valence electrons. The van der Waals surface area contributed by atoms with Gasteiger partial charge in [-0.15, -0.1) is 0 Å². The zero-order valence-corrected chi connectivity index (χ0v) is 19.0. The smallest absolute Gasteiger partial charge is 0.165 e. The summed E-state index contributed by atoms with van der Waals surface area (Å²) in [7, 11) is 1.79. The van der Waals surface area contributed by atoms with Crippen LogP contribution in [0.3, 0.4) is 0 Å². The molecule has 9 rings (SSSR count). The van der Waals surface area contributed by atoms with Gasteiger partial charge in [-0.05, 0) is 75.5 Å². The number of nitrogens with zero attached hydrogens (tertiary/aromatic N) is 1. The molecule has 8 aliphatic rings. The van der Waals surface area contributed by atoms with Crippen LogP contribution in [0.15, 0.2) is 24.3 Å². The van der Waals surface area contributed by atoms with E-state index in [4.69, 9.17) is 9.47 Å². The van der Waals surface area contributed by atoms with E-state index in [0.717, 1.165) is 38.1 Å². The van der Waals surface area contributed by atoms with Crippen LogP contribution in [0.5, 0.6) is 11.5 Å². The van der Waals surface area contributed by atoms with Crippen LogP contribution < -0.4 is 4.74 Å². The first-order chi connectivity index (χ1) is 15.4. The Bertz CT molecular complexity index is 1080. The van der Waals surface area contributed by atoms with Gasteiger partial charge in [-0.25, -0.2) is 0 Å². The van der Waals surface area contributed by atoms with Gasteiger partial charge in [-0.2, -0.15) is 0 Å². The number of phenolic OH excluding ortho intramolecular Hbond substituents is 1. The van der Waals surface area contributed by atoms with E-state index < -0.39 is 11.2 Å². The van der Waals surface area contributed by atoms with Crippen molar-refractivity contribution in [3.63, 3.8) is 0 Å². The molecule has 3 saturated carbocycles. The summed E-state index contributed by atoms with van der Waals surface area (Å²) in [5.74, 6) is 2.16. The molecule has 5 nitrogen and oxygen atoms in total. The van der Waals surface area contributed by atoms with Crippen LogP contribution in [0, 0.1) is 23.2 Å². The fourth-order valence-electron chi connectivity index (χ4n) is 9.97. The normalized spacial score (nSPS) is 51.5. The second kappa shape index (κ2) is 5.39. The van der Waals surface area contributed by atoms with E-state index in [1.165, 1.54) is 30.5 Å². The van der Waals surface area contributed by atoms with Gasteiger partial charge in [0.25, 0.3) is 0 Å². The minimum atomic E-state index is -0.782. The third-order valence-electron chi connectivity index (χ3n) is 11.0. The van der Waals surface area contributed by atoms with Crippen LogP contribution in [0.4, 0.5) is 0 Å². The maximum atomic E-state index is 11.7. The Morgan fingerprint density at radius 1 is 1.19 bits per heavy atom. The van der Waals surface area contributed by atoms with Crippen molar-refractivity contribution in [3.8, 4) is 11.5 Å². The molecule has 0 aromatic heterocycles. The van der Waals surface area contributed by atoms with Crippen LogP contribution in [-0.4, -0.2) is 58.7 Å². The van der Waals surface area contributed by atoms with Gasteiger partial charge in [-0.1, -0.05) is 18.2 Å². The predicted molar refractivity (Wildman–Crippen MR) is 119 cm³/mol. The van der Waals surface area contributed by atoms with Crippen molar-refractivity contribution in [2.24, 2.45) is 23.2 Å². The van der Waals surface area contributed by atoms with Crippen LogP contribution in [0.25, 0.3) is 0 Å². The molecule has 0 radical (unpaired) electrons. The van der Waals surface area contributed by atoms with E-state index in [-0.39, 0.29) is 28.6 Å². The fourth-order valence-corrected chi connectivity index (χ4v) is 9.97. The average Bonchev–Trinajstić information content (AvgIpc) is 3.42. The summed E-state index contributed by atoms with van der Waals surface area (Å²) in [6.07, 6.45) is 11.2. The van der Waals surface area contributed by atoms with Crippen molar-refractivity contribution in [3.05, 3.63) is 35.4 Å². The molecule has 1 aromatic carbocycles. The lowest BCUT2D eigenvalue weighted by Crippen LogP contribution is -2.82. The van der Waals surface area contributed by atoms with E-state index in [9.17, 15) is 10.2 Å². The quantitative estimate of drug-likeness (QED) is 0.715. The average molecular weight is 436 g/mol. The first kappa shape index (κ1) is 18.8. The third-order valence-corrected chi connectivity index (χ3v) is 11.0. The minimum Gasteiger partial charge on any atom is -0.504 e. The molecule has 32 heavy (non-hydrogen) atoms. The van der Waals surface area contributed by atoms with E-state index in [2.05, 4.69) is 23.1 Å². The van der Waals surface area contributed by atoms with Gasteiger partial charge in [0.1, 0.15) is 11.7 Å². The summed E-state index contributed by atoms with van der Waals surface area (Å²) >= 11 is 0. The molecule has 0 unspecified atom stereocenters.